The summed E-state index contributed by atoms with van der Waals surface area (Å²) < 4.78 is 25.5. The summed E-state index contributed by atoms with van der Waals surface area (Å²) in [6.45, 7) is 5.60. The number of rotatable bonds is 7. The summed E-state index contributed by atoms with van der Waals surface area (Å²) >= 11 is 12.0. The fourth-order valence-electron chi connectivity index (χ4n) is 3.05. The Labute approximate surface area is 176 Å². The number of carbonyl (C=O) groups is 1. The van der Waals surface area contributed by atoms with Gasteiger partial charge in [0, 0.05) is 5.02 Å². The van der Waals surface area contributed by atoms with Gasteiger partial charge >= 0.3 is 0 Å². The lowest BCUT2D eigenvalue weighted by molar-refractivity contribution is -0.120. The molecule has 1 amide bonds. The van der Waals surface area contributed by atoms with Gasteiger partial charge in [0.15, 0.2) is 0 Å². The van der Waals surface area contributed by atoms with Crippen molar-refractivity contribution in [3.05, 3.63) is 63.1 Å². The molecule has 0 heterocycles. The lowest BCUT2D eigenvalue weighted by Crippen LogP contribution is -2.41. The Kier molecular flexibility index (Phi) is 7.37. The van der Waals surface area contributed by atoms with Crippen LogP contribution in [0.5, 0.6) is 0 Å². The molecule has 0 saturated carbocycles. The third-order valence-corrected chi connectivity index (χ3v) is 6.07. The summed E-state index contributed by atoms with van der Waals surface area (Å²) in [6, 6.07) is 10.3. The fraction of sp³-hybridized carbons (Fsp3) is 0.350. The van der Waals surface area contributed by atoms with Gasteiger partial charge in [-0.1, -0.05) is 53.9 Å². The van der Waals surface area contributed by atoms with E-state index in [0.29, 0.717) is 11.4 Å². The predicted octanol–water partition coefficient (Wildman–Crippen LogP) is 4.64. The van der Waals surface area contributed by atoms with Gasteiger partial charge in [-0.3, -0.25) is 9.10 Å². The lowest BCUT2D eigenvalue weighted by Gasteiger charge is -2.25. The second-order valence-corrected chi connectivity index (χ2v) is 9.50. The molecular formula is C20H24Cl2N2O3S. The van der Waals surface area contributed by atoms with Crippen LogP contribution in [0.15, 0.2) is 36.4 Å². The summed E-state index contributed by atoms with van der Waals surface area (Å²) in [5.41, 5.74) is 3.44. The van der Waals surface area contributed by atoms with E-state index in [1.54, 1.807) is 0 Å². The highest BCUT2D eigenvalue weighted by Gasteiger charge is 2.24. The summed E-state index contributed by atoms with van der Waals surface area (Å²) in [7, 11) is -3.72. The number of hydrogen-bond acceptors (Lipinski definition) is 3. The molecule has 1 atom stereocenters. The van der Waals surface area contributed by atoms with Crippen molar-refractivity contribution < 1.29 is 13.2 Å². The van der Waals surface area contributed by atoms with Crippen molar-refractivity contribution in [3.8, 4) is 0 Å². The Morgan fingerprint density at radius 2 is 1.82 bits per heavy atom. The van der Waals surface area contributed by atoms with Crippen LogP contribution in [-0.4, -0.2) is 27.1 Å². The van der Waals surface area contributed by atoms with Crippen molar-refractivity contribution >= 4 is 44.8 Å². The first kappa shape index (κ1) is 22.5. The second kappa shape index (κ2) is 9.16. The Hall–Kier alpha value is -1.76. The van der Waals surface area contributed by atoms with Gasteiger partial charge in [-0.15, -0.1) is 0 Å². The number of nitrogens with zero attached hydrogens (tertiary/aromatic N) is 1. The number of benzene rings is 2. The molecule has 0 saturated heterocycles. The topological polar surface area (TPSA) is 66.5 Å². The Balaban J connectivity index is 2.26. The summed E-state index contributed by atoms with van der Waals surface area (Å²) in [5, 5.41) is 3.47. The minimum absolute atomic E-state index is 0.159. The van der Waals surface area contributed by atoms with Crippen molar-refractivity contribution in [3.63, 3.8) is 0 Å². The van der Waals surface area contributed by atoms with Crippen molar-refractivity contribution in [1.82, 2.24) is 5.32 Å². The molecule has 5 nitrogen and oxygen atoms in total. The summed E-state index contributed by atoms with van der Waals surface area (Å²) in [5.74, 6) is -0.414. The van der Waals surface area contributed by atoms with E-state index in [-0.39, 0.29) is 23.3 Å². The second-order valence-electron chi connectivity index (χ2n) is 6.75. The van der Waals surface area contributed by atoms with Crippen molar-refractivity contribution in [2.75, 3.05) is 17.1 Å². The van der Waals surface area contributed by atoms with Crippen LogP contribution < -0.4 is 9.62 Å². The van der Waals surface area contributed by atoms with E-state index >= 15 is 0 Å². The molecule has 8 heteroatoms. The normalized spacial score (nSPS) is 12.5. The number of aryl methyl sites for hydroxylation is 2. The minimum atomic E-state index is -3.72. The van der Waals surface area contributed by atoms with E-state index in [4.69, 9.17) is 23.2 Å². The third kappa shape index (κ3) is 5.63. The zero-order valence-electron chi connectivity index (χ0n) is 16.3. The molecule has 0 unspecified atom stereocenters. The van der Waals surface area contributed by atoms with Gasteiger partial charge in [-0.2, -0.15) is 0 Å². The molecule has 0 aromatic heterocycles. The van der Waals surface area contributed by atoms with Crippen LogP contribution in [0.2, 0.25) is 10.0 Å². The average molecular weight is 443 g/mol. The quantitative estimate of drug-likeness (QED) is 0.678. The van der Waals surface area contributed by atoms with E-state index in [0.717, 1.165) is 27.3 Å². The molecule has 28 heavy (non-hydrogen) atoms. The lowest BCUT2D eigenvalue weighted by atomic mass is 9.97. The number of halogens is 2. The van der Waals surface area contributed by atoms with Gasteiger partial charge in [0.2, 0.25) is 15.9 Å². The van der Waals surface area contributed by atoms with E-state index in [2.05, 4.69) is 11.4 Å². The maximum atomic E-state index is 12.7. The summed E-state index contributed by atoms with van der Waals surface area (Å²) in [4.78, 5) is 12.7. The maximum Gasteiger partial charge on any atom is 0.241 e. The molecule has 0 spiro atoms. The van der Waals surface area contributed by atoms with Crippen molar-refractivity contribution in [2.45, 2.75) is 33.2 Å². The summed E-state index contributed by atoms with van der Waals surface area (Å²) in [6.07, 6.45) is 1.71. The molecule has 0 radical (unpaired) electrons. The number of amides is 1. The van der Waals surface area contributed by atoms with Crippen molar-refractivity contribution in [2.24, 2.45) is 0 Å². The zero-order chi connectivity index (χ0) is 21.1. The minimum Gasteiger partial charge on any atom is -0.348 e. The number of carbonyl (C=O) groups excluding carboxylic acids is 1. The maximum absolute atomic E-state index is 12.7. The molecule has 0 aliphatic heterocycles. The highest BCUT2D eigenvalue weighted by Crippen LogP contribution is 2.30. The van der Waals surface area contributed by atoms with E-state index in [9.17, 15) is 13.2 Å². The first-order valence-electron chi connectivity index (χ1n) is 8.82. The monoisotopic (exact) mass is 442 g/mol. The number of hydrogen-bond donors (Lipinski definition) is 1. The van der Waals surface area contributed by atoms with Crippen LogP contribution in [0.25, 0.3) is 0 Å². The van der Waals surface area contributed by atoms with Gasteiger partial charge in [0.1, 0.15) is 6.54 Å². The zero-order valence-corrected chi connectivity index (χ0v) is 18.6. The number of anilines is 1. The van der Waals surface area contributed by atoms with Crippen LogP contribution >= 0.6 is 23.2 Å². The van der Waals surface area contributed by atoms with Crippen LogP contribution in [0.3, 0.4) is 0 Å². The van der Waals surface area contributed by atoms with Crippen LogP contribution in [-0.2, 0) is 14.8 Å². The molecule has 0 bridgehead atoms. The molecule has 152 valence electrons. The first-order chi connectivity index (χ1) is 13.0. The van der Waals surface area contributed by atoms with Gasteiger partial charge in [-0.05, 0) is 49.6 Å². The fourth-order valence-corrected chi connectivity index (χ4v) is 4.48. The Morgan fingerprint density at radius 1 is 1.14 bits per heavy atom. The molecule has 0 aliphatic carbocycles. The molecule has 0 fully saturated rings. The van der Waals surface area contributed by atoms with Gasteiger partial charge < -0.3 is 5.32 Å². The molecule has 0 aliphatic rings. The third-order valence-electron chi connectivity index (χ3n) is 4.41. The van der Waals surface area contributed by atoms with E-state index < -0.39 is 15.9 Å². The SMILES string of the molecule is CC[C@@H](NC(=O)CN(c1ccc(Cl)cc1Cl)S(C)(=O)=O)c1ccc(C)cc1C. The van der Waals surface area contributed by atoms with Crippen LogP contribution in [0, 0.1) is 13.8 Å². The average Bonchev–Trinajstić information content (AvgIpc) is 2.58. The van der Waals surface area contributed by atoms with Crippen LogP contribution in [0.1, 0.15) is 36.1 Å². The van der Waals surface area contributed by atoms with Crippen LogP contribution in [0.4, 0.5) is 5.69 Å². The number of nitrogens with one attached hydrogen (secondary N) is 1. The molecule has 2 aromatic rings. The molecule has 2 aromatic carbocycles. The number of sulfonamides is 1. The highest BCUT2D eigenvalue weighted by molar-refractivity contribution is 7.92. The standard InChI is InChI=1S/C20H24Cl2N2O3S/c1-5-18(16-8-6-13(2)10-14(16)3)23-20(25)12-24(28(4,26)27)19-9-7-15(21)11-17(19)22/h6-11,18H,5,12H2,1-4H3,(H,23,25)/t18-/m1/s1. The Bertz CT molecular complexity index is 977. The smallest absolute Gasteiger partial charge is 0.241 e. The molecule has 1 N–H and O–H groups in total. The predicted molar refractivity (Wildman–Crippen MR) is 116 cm³/mol. The van der Waals surface area contributed by atoms with E-state index in [1.807, 2.05) is 32.9 Å². The first-order valence-corrected chi connectivity index (χ1v) is 11.4. The van der Waals surface area contributed by atoms with Gasteiger partial charge in [-0.25, -0.2) is 8.42 Å². The van der Waals surface area contributed by atoms with Crippen molar-refractivity contribution in [1.29, 1.82) is 0 Å². The Morgan fingerprint density at radius 3 is 2.36 bits per heavy atom. The highest BCUT2D eigenvalue weighted by atomic mass is 35.5. The van der Waals surface area contributed by atoms with Gasteiger partial charge in [0.05, 0.1) is 23.0 Å². The largest absolute Gasteiger partial charge is 0.348 e. The van der Waals surface area contributed by atoms with E-state index in [1.165, 1.54) is 18.2 Å². The molecule has 2 rings (SSSR count). The van der Waals surface area contributed by atoms with Gasteiger partial charge in [0.25, 0.3) is 0 Å². The molecular weight excluding hydrogens is 419 g/mol.